The summed E-state index contributed by atoms with van der Waals surface area (Å²) in [5, 5.41) is 4.50. The fraction of sp³-hybridized carbons (Fsp3) is 0.250. The van der Waals surface area contributed by atoms with Crippen LogP contribution in [-0.2, 0) is 21.0 Å². The molecule has 0 saturated heterocycles. The smallest absolute Gasteiger partial charge is 0.317 e. The molecule has 26 heavy (non-hydrogen) atoms. The monoisotopic (exact) mass is 370 g/mol. The van der Waals surface area contributed by atoms with Gasteiger partial charge in [-0.2, -0.15) is 0 Å². The number of carbonyl (C=O) groups excluding carboxylic acids is 2. The van der Waals surface area contributed by atoms with Gasteiger partial charge in [-0.15, -0.1) is 0 Å². The van der Waals surface area contributed by atoms with Crippen LogP contribution in [0.5, 0.6) is 0 Å². The van der Waals surface area contributed by atoms with Crippen LogP contribution >= 0.6 is 11.6 Å². The maximum atomic E-state index is 12.8. The summed E-state index contributed by atoms with van der Waals surface area (Å²) < 4.78 is 0. The molecular formula is C20H19ClN2O3. The molecule has 2 aromatic rings. The second kappa shape index (κ2) is 8.15. The fourth-order valence-electron chi connectivity index (χ4n) is 2.74. The van der Waals surface area contributed by atoms with Gasteiger partial charge in [0.15, 0.2) is 5.71 Å². The van der Waals surface area contributed by atoms with Crippen molar-refractivity contribution in [1.29, 1.82) is 0 Å². The van der Waals surface area contributed by atoms with Crippen molar-refractivity contribution in [3.8, 4) is 0 Å². The molecule has 1 aliphatic rings. The Bertz CT molecular complexity index is 846. The first-order valence-corrected chi connectivity index (χ1v) is 8.91. The molecule has 0 atom stereocenters. The molecule has 0 aromatic heterocycles. The zero-order chi connectivity index (χ0) is 18.5. The van der Waals surface area contributed by atoms with Gasteiger partial charge in [0, 0.05) is 17.0 Å². The van der Waals surface area contributed by atoms with Gasteiger partial charge >= 0.3 is 5.97 Å². The van der Waals surface area contributed by atoms with E-state index in [1.165, 1.54) is 0 Å². The van der Waals surface area contributed by atoms with Gasteiger partial charge in [-0.1, -0.05) is 60.4 Å². The van der Waals surface area contributed by atoms with Crippen LogP contribution in [-0.4, -0.2) is 17.6 Å². The van der Waals surface area contributed by atoms with E-state index in [-0.39, 0.29) is 18.0 Å². The Morgan fingerprint density at radius 3 is 2.62 bits per heavy atom. The van der Waals surface area contributed by atoms with E-state index < -0.39 is 5.97 Å². The van der Waals surface area contributed by atoms with Gasteiger partial charge in [0.2, 0.25) is 0 Å². The molecule has 0 aliphatic carbocycles. The van der Waals surface area contributed by atoms with Crippen LogP contribution < -0.4 is 4.90 Å². The van der Waals surface area contributed by atoms with Crippen LogP contribution in [0.15, 0.2) is 53.7 Å². The van der Waals surface area contributed by atoms with E-state index in [1.807, 2.05) is 37.3 Å². The topological polar surface area (TPSA) is 59.0 Å². The van der Waals surface area contributed by atoms with Crippen molar-refractivity contribution >= 4 is 34.9 Å². The molecular weight excluding hydrogens is 352 g/mol. The third kappa shape index (κ3) is 3.94. The molecule has 6 heteroatoms. The number of amides is 1. The third-order valence-corrected chi connectivity index (χ3v) is 4.38. The first-order valence-electron chi connectivity index (χ1n) is 8.53. The Morgan fingerprint density at radius 2 is 1.88 bits per heavy atom. The van der Waals surface area contributed by atoms with Gasteiger partial charge in [-0.25, -0.2) is 4.79 Å². The second-order valence-corrected chi connectivity index (χ2v) is 6.48. The summed E-state index contributed by atoms with van der Waals surface area (Å²) in [6, 6.07) is 14.7. The van der Waals surface area contributed by atoms with Gasteiger partial charge in [0.05, 0.1) is 12.2 Å². The third-order valence-electron chi connectivity index (χ3n) is 4.12. The molecule has 1 aliphatic heterocycles. The Kier molecular flexibility index (Phi) is 5.68. The van der Waals surface area contributed by atoms with Crippen molar-refractivity contribution in [3.05, 3.63) is 64.7 Å². The first-order chi connectivity index (χ1) is 12.6. The number of hydrogen-bond acceptors (Lipinski definition) is 4. The lowest BCUT2D eigenvalue weighted by molar-refractivity contribution is -0.143. The predicted molar refractivity (Wildman–Crippen MR) is 101 cm³/mol. The Balaban J connectivity index is 1.83. The van der Waals surface area contributed by atoms with Crippen molar-refractivity contribution in [3.63, 3.8) is 0 Å². The minimum atomic E-state index is -0.430. The van der Waals surface area contributed by atoms with E-state index in [0.717, 1.165) is 24.1 Å². The highest BCUT2D eigenvalue weighted by Gasteiger charge is 2.34. The number of unbranched alkanes of at least 4 members (excludes halogenated alkanes) is 1. The number of fused-ring (bicyclic) bond motifs is 1. The summed E-state index contributed by atoms with van der Waals surface area (Å²) in [7, 11) is 0. The largest absolute Gasteiger partial charge is 0.335 e. The number of rotatable bonds is 6. The van der Waals surface area contributed by atoms with Crippen molar-refractivity contribution in [1.82, 2.24) is 0 Å². The van der Waals surface area contributed by atoms with Crippen molar-refractivity contribution in [2.75, 3.05) is 4.90 Å². The Labute approximate surface area is 157 Å². The van der Waals surface area contributed by atoms with E-state index >= 15 is 0 Å². The highest BCUT2D eigenvalue weighted by Crippen LogP contribution is 2.30. The molecule has 3 rings (SSSR count). The van der Waals surface area contributed by atoms with Crippen LogP contribution in [0.3, 0.4) is 0 Å². The van der Waals surface area contributed by atoms with Gasteiger partial charge < -0.3 is 9.74 Å². The predicted octanol–water partition coefficient (Wildman–Crippen LogP) is 4.32. The molecule has 5 nitrogen and oxygen atoms in total. The molecule has 0 spiro atoms. The van der Waals surface area contributed by atoms with E-state index in [2.05, 4.69) is 5.16 Å². The van der Waals surface area contributed by atoms with Gasteiger partial charge in [0.1, 0.15) is 0 Å². The van der Waals surface area contributed by atoms with Crippen LogP contribution in [0.25, 0.3) is 0 Å². The minimum absolute atomic E-state index is 0.152. The molecule has 0 radical (unpaired) electrons. The summed E-state index contributed by atoms with van der Waals surface area (Å²) in [6.07, 6.45) is 1.91. The van der Waals surface area contributed by atoms with Crippen molar-refractivity contribution in [2.45, 2.75) is 32.7 Å². The van der Waals surface area contributed by atoms with E-state index in [4.69, 9.17) is 16.4 Å². The Morgan fingerprint density at radius 1 is 1.15 bits per heavy atom. The van der Waals surface area contributed by atoms with Crippen LogP contribution in [0.1, 0.15) is 37.3 Å². The highest BCUT2D eigenvalue weighted by molar-refractivity contribution is 6.54. The summed E-state index contributed by atoms with van der Waals surface area (Å²) in [5.41, 5.74) is 2.50. The fourth-order valence-corrected chi connectivity index (χ4v) is 2.87. The maximum Gasteiger partial charge on any atom is 0.335 e. The average molecular weight is 371 g/mol. The molecule has 0 fully saturated rings. The first kappa shape index (κ1) is 18.1. The number of oxime groups is 1. The lowest BCUT2D eigenvalue weighted by atomic mass is 10.1. The number of para-hydroxylation sites is 1. The molecule has 0 N–H and O–H groups in total. The number of halogens is 1. The zero-order valence-electron chi connectivity index (χ0n) is 14.4. The number of hydrogen-bond donors (Lipinski definition) is 0. The van der Waals surface area contributed by atoms with Gasteiger partial charge in [-0.05, 0) is 30.2 Å². The average Bonchev–Trinajstić information content (AvgIpc) is 2.91. The van der Waals surface area contributed by atoms with E-state index in [1.54, 1.807) is 23.1 Å². The molecule has 0 saturated carbocycles. The van der Waals surface area contributed by atoms with Crippen LogP contribution in [0, 0.1) is 0 Å². The summed E-state index contributed by atoms with van der Waals surface area (Å²) in [5.74, 6) is -0.717. The van der Waals surface area contributed by atoms with Crippen LogP contribution in [0.4, 0.5) is 5.69 Å². The Hall–Kier alpha value is -2.66. The number of carbonyl (C=O) groups is 2. The minimum Gasteiger partial charge on any atom is -0.317 e. The lowest BCUT2D eigenvalue weighted by Gasteiger charge is -2.16. The van der Waals surface area contributed by atoms with Gasteiger partial charge in [-0.3, -0.25) is 4.79 Å². The van der Waals surface area contributed by atoms with E-state index in [0.29, 0.717) is 17.1 Å². The number of benzene rings is 2. The number of anilines is 1. The van der Waals surface area contributed by atoms with Crippen molar-refractivity contribution < 1.29 is 14.4 Å². The lowest BCUT2D eigenvalue weighted by Crippen LogP contribution is -2.29. The molecule has 1 heterocycles. The van der Waals surface area contributed by atoms with Crippen LogP contribution in [0.2, 0.25) is 5.02 Å². The SMILES string of the molecule is CCCCC(=O)O/N=C1/C(=O)N(Cc2ccc(Cl)cc2)c2ccccc21. The second-order valence-electron chi connectivity index (χ2n) is 6.04. The van der Waals surface area contributed by atoms with Crippen molar-refractivity contribution in [2.24, 2.45) is 5.16 Å². The zero-order valence-corrected chi connectivity index (χ0v) is 15.2. The molecule has 0 bridgehead atoms. The summed E-state index contributed by atoms with van der Waals surface area (Å²) >= 11 is 5.92. The molecule has 134 valence electrons. The maximum absolute atomic E-state index is 12.8. The standard InChI is InChI=1S/C20H19ClN2O3/c1-2-3-8-18(24)26-22-19-16-6-4-5-7-17(16)23(20(19)25)13-14-9-11-15(21)12-10-14/h4-7,9-12H,2-3,8,13H2,1H3/b22-19+. The normalized spacial score (nSPS) is 14.6. The number of nitrogens with zero attached hydrogens (tertiary/aromatic N) is 2. The molecule has 0 unspecified atom stereocenters. The summed E-state index contributed by atoms with van der Waals surface area (Å²) in [6.45, 7) is 2.38. The highest BCUT2D eigenvalue weighted by atomic mass is 35.5. The molecule has 1 amide bonds. The quantitative estimate of drug-likeness (QED) is 0.562. The van der Waals surface area contributed by atoms with E-state index in [9.17, 15) is 9.59 Å². The van der Waals surface area contributed by atoms with Gasteiger partial charge in [0.25, 0.3) is 5.91 Å². The summed E-state index contributed by atoms with van der Waals surface area (Å²) in [4.78, 5) is 31.1. The molecule has 2 aromatic carbocycles.